The van der Waals surface area contributed by atoms with Crippen molar-refractivity contribution in [1.29, 1.82) is 0 Å². The SMILES string of the molecule is CCc1cccc2cc(O)cc(-c3ncc4c(N5CC6CCC(C5)N6)nc(OC[C@]56CCCN5[C@@H](COC(=O)NCc5cc([C@@H](C(=O)N7C[C@H](O)C[C@H]7C(=O)N[C@@H](C)c7ccc(-c8scnc8C)cc7)C(C)C)on5)CC6)nc4c3F)c12. The van der Waals surface area contributed by atoms with Crippen LogP contribution in [0.2, 0.25) is 0 Å². The molecule has 5 aliphatic heterocycles. The summed E-state index contributed by atoms with van der Waals surface area (Å²) >= 11 is 1.57. The van der Waals surface area contributed by atoms with E-state index in [9.17, 15) is 24.6 Å². The molecule has 4 aromatic heterocycles. The number of anilines is 1. The predicted octanol–water partition coefficient (Wildman–Crippen LogP) is 8.49. The molecule has 0 aliphatic carbocycles. The number of aliphatic hydroxyl groups is 1. The molecule has 0 radical (unpaired) electrons. The minimum Gasteiger partial charge on any atom is -0.508 e. The molecule has 0 saturated carbocycles. The fourth-order valence-corrected chi connectivity index (χ4v) is 14.3. The van der Waals surface area contributed by atoms with Crippen LogP contribution in [0.4, 0.5) is 15.0 Å². The summed E-state index contributed by atoms with van der Waals surface area (Å²) in [6.45, 7) is 12.2. The van der Waals surface area contributed by atoms with E-state index in [2.05, 4.69) is 35.9 Å². The standard InChI is InChI=1S/C61H70FN11O8S/c1-6-36-9-7-10-39-21-44(74)23-46(51(36)39)53-52(62)54-47(26-63-53)56(71-27-40-15-16-41(28-71)67-40)69-59(68-54)80-31-61-18-8-20-73(61)43(17-19-61)30-79-60(78)64-25-42-22-49(81-70-42)50(33(2)3)58(77)72-29-45(75)24-48(72)57(76)66-34(4)37-11-13-38(14-12-37)55-35(5)65-32-82-55/h7,9-14,21-23,26,32-34,40-41,43,45,48,50,67,74-75H,6,8,15-20,24-25,27-31H2,1-5H3,(H,64,78)(H,66,76)/t34-,40?,41?,43+,45+,48-,50-,61+/m0/s1. The number of benzene rings is 3. The van der Waals surface area contributed by atoms with E-state index in [4.69, 9.17) is 28.9 Å². The van der Waals surface area contributed by atoms with Crippen LogP contribution in [0.25, 0.3) is 43.4 Å². The third-order valence-electron chi connectivity index (χ3n) is 17.6. The minimum absolute atomic E-state index is 0.00276. The van der Waals surface area contributed by atoms with Crippen LogP contribution in [0.3, 0.4) is 0 Å². The third kappa shape index (κ3) is 10.7. The second-order valence-corrected chi connectivity index (χ2v) is 24.2. The van der Waals surface area contributed by atoms with Gasteiger partial charge >= 0.3 is 12.1 Å². The molecular weight excluding hydrogens is 1070 g/mol. The van der Waals surface area contributed by atoms with E-state index < -0.39 is 30.0 Å². The van der Waals surface area contributed by atoms with Crippen LogP contribution in [0.15, 0.2) is 76.9 Å². The van der Waals surface area contributed by atoms with E-state index >= 15 is 4.39 Å². The zero-order chi connectivity index (χ0) is 57.0. The summed E-state index contributed by atoms with van der Waals surface area (Å²) in [4.78, 5) is 67.4. The smallest absolute Gasteiger partial charge is 0.407 e. The molecule has 0 spiro atoms. The Morgan fingerprint density at radius 1 is 1.00 bits per heavy atom. The van der Waals surface area contributed by atoms with Crippen molar-refractivity contribution < 1.29 is 43.0 Å². The van der Waals surface area contributed by atoms with E-state index in [1.165, 1.54) is 4.90 Å². The number of amides is 3. The highest BCUT2D eigenvalue weighted by Gasteiger charge is 2.50. The average Bonchev–Trinajstić information content (AvgIpc) is 4.53. The van der Waals surface area contributed by atoms with E-state index in [1.807, 2.05) is 82.6 Å². The minimum atomic E-state index is -0.890. The number of fused-ring (bicyclic) bond motifs is 5. The molecule has 3 amide bonds. The van der Waals surface area contributed by atoms with E-state index in [0.717, 1.165) is 83.1 Å². The molecule has 5 fully saturated rings. The number of pyridine rings is 1. The first-order chi connectivity index (χ1) is 39.6. The Morgan fingerprint density at radius 2 is 1.80 bits per heavy atom. The quantitative estimate of drug-likeness (QED) is 0.0575. The van der Waals surface area contributed by atoms with Crippen LogP contribution >= 0.6 is 11.3 Å². The van der Waals surface area contributed by atoms with Gasteiger partial charge in [0.15, 0.2) is 5.82 Å². The van der Waals surface area contributed by atoms with Crippen LogP contribution in [0.5, 0.6) is 11.8 Å². The number of halogens is 1. The molecular formula is C61H70FN11O8S. The Balaban J connectivity index is 0.682. The summed E-state index contributed by atoms with van der Waals surface area (Å²) in [5, 5.41) is 37.4. The molecule has 82 heavy (non-hydrogen) atoms. The molecule has 7 aromatic rings. The lowest BCUT2D eigenvalue weighted by molar-refractivity contribution is -0.141. The van der Waals surface area contributed by atoms with Gasteiger partial charge in [0.05, 0.1) is 45.7 Å². The van der Waals surface area contributed by atoms with E-state index in [0.29, 0.717) is 42.0 Å². The molecule has 21 heteroatoms. The fourth-order valence-electron chi connectivity index (χ4n) is 13.5. The van der Waals surface area contributed by atoms with Crippen LogP contribution in [-0.4, -0.2) is 138 Å². The van der Waals surface area contributed by atoms with Gasteiger partial charge in [0.1, 0.15) is 59.4 Å². The number of ether oxygens (including phenoxy) is 2. The van der Waals surface area contributed by atoms with Crippen molar-refractivity contribution in [3.63, 3.8) is 0 Å². The maximum atomic E-state index is 17.3. The van der Waals surface area contributed by atoms with Crippen LogP contribution in [0, 0.1) is 18.7 Å². The van der Waals surface area contributed by atoms with Crippen molar-refractivity contribution >= 4 is 56.7 Å². The summed E-state index contributed by atoms with van der Waals surface area (Å²) in [5.74, 6) is -1.51. The number of hydrogen-bond acceptors (Lipinski definition) is 17. The van der Waals surface area contributed by atoms with Crippen molar-refractivity contribution in [3.05, 3.63) is 106 Å². The lowest BCUT2D eigenvalue weighted by atomic mass is 9.91. The predicted molar refractivity (Wildman–Crippen MR) is 308 cm³/mol. The van der Waals surface area contributed by atoms with Crippen molar-refractivity contribution in [3.8, 4) is 33.5 Å². The summed E-state index contributed by atoms with van der Waals surface area (Å²) in [6.07, 6.45) is 6.38. The van der Waals surface area contributed by atoms with Gasteiger partial charge in [-0.15, -0.1) is 11.3 Å². The van der Waals surface area contributed by atoms with E-state index in [-0.39, 0.29) is 109 Å². The first-order valence-corrected chi connectivity index (χ1v) is 29.7. The molecule has 12 rings (SSSR count). The van der Waals surface area contributed by atoms with Gasteiger partial charge in [-0.25, -0.2) is 14.2 Å². The van der Waals surface area contributed by atoms with Gasteiger partial charge < -0.3 is 50.0 Å². The number of alkyl carbamates (subject to hydrolysis) is 1. The number of phenols is 1. The first-order valence-electron chi connectivity index (χ1n) is 28.8. The first kappa shape index (κ1) is 55.2. The third-order valence-corrected chi connectivity index (χ3v) is 18.6. The van der Waals surface area contributed by atoms with Gasteiger partial charge in [-0.05, 0) is 111 Å². The number of likely N-dealkylation sites (tertiary alicyclic amines) is 1. The highest BCUT2D eigenvalue weighted by molar-refractivity contribution is 7.13. The monoisotopic (exact) mass is 1140 g/mol. The molecule has 8 atom stereocenters. The molecule has 3 aromatic carbocycles. The molecule has 5 aliphatic rings. The van der Waals surface area contributed by atoms with Gasteiger partial charge in [-0.2, -0.15) is 9.97 Å². The number of carbonyl (C=O) groups is 3. The molecule has 2 unspecified atom stereocenters. The number of carbonyl (C=O) groups excluding carboxylic acids is 3. The van der Waals surface area contributed by atoms with Crippen molar-refractivity contribution in [1.82, 2.24) is 50.8 Å². The topological polar surface area (TPSA) is 234 Å². The Kier molecular flexibility index (Phi) is 15.3. The van der Waals surface area contributed by atoms with Crippen LogP contribution in [-0.2, 0) is 27.3 Å². The largest absolute Gasteiger partial charge is 0.508 e. The zero-order valence-corrected chi connectivity index (χ0v) is 47.7. The summed E-state index contributed by atoms with van der Waals surface area (Å²) < 4.78 is 35.5. The second-order valence-electron chi connectivity index (χ2n) is 23.3. The van der Waals surface area contributed by atoms with E-state index in [1.54, 1.807) is 35.7 Å². The van der Waals surface area contributed by atoms with Crippen LogP contribution in [0.1, 0.15) is 113 Å². The lowest BCUT2D eigenvalue weighted by Gasteiger charge is -2.35. The number of aromatic hydroxyl groups is 1. The number of aliphatic hydroxyl groups excluding tert-OH is 1. The molecule has 2 bridgehead atoms. The van der Waals surface area contributed by atoms with Gasteiger partial charge in [0.25, 0.3) is 0 Å². The number of β-amino-alcohol motifs (C(OH)–C–C–N with tert-alkyl or cyclic N) is 1. The number of nitrogens with one attached hydrogen (secondary N) is 3. The van der Waals surface area contributed by atoms with Gasteiger partial charge in [0, 0.05) is 62.0 Å². The average molecular weight is 1140 g/mol. The number of hydrogen-bond donors (Lipinski definition) is 5. The number of rotatable bonds is 17. The number of piperazine rings is 1. The van der Waals surface area contributed by atoms with Crippen molar-refractivity contribution in [2.45, 2.75) is 140 Å². The van der Waals surface area contributed by atoms with Crippen molar-refractivity contribution in [2.75, 3.05) is 44.3 Å². The normalized spacial score (nSPS) is 23.2. The fraction of sp³-hybridized carbons (Fsp3) is 0.475. The summed E-state index contributed by atoms with van der Waals surface area (Å²) in [6, 6.07) is 18.0. The number of aryl methyl sites for hydroxylation is 2. The molecule has 5 saturated heterocycles. The zero-order valence-electron chi connectivity index (χ0n) is 46.9. The second kappa shape index (κ2) is 22.8. The van der Waals surface area contributed by atoms with Gasteiger partial charge in [0.2, 0.25) is 11.8 Å². The van der Waals surface area contributed by atoms with Crippen molar-refractivity contribution in [2.24, 2.45) is 5.92 Å². The molecule has 9 heterocycles. The Hall–Kier alpha value is -7.33. The van der Waals surface area contributed by atoms with Gasteiger partial charge in [-0.3, -0.25) is 19.5 Å². The number of aromatic nitrogens is 5. The maximum Gasteiger partial charge on any atom is 0.407 e. The Bertz CT molecular complexity index is 3530. The highest BCUT2D eigenvalue weighted by Crippen LogP contribution is 2.44. The Labute approximate surface area is 479 Å². The Morgan fingerprint density at radius 3 is 2.56 bits per heavy atom. The summed E-state index contributed by atoms with van der Waals surface area (Å²) in [7, 11) is 0. The maximum absolute atomic E-state index is 17.3. The number of thiazole rings is 1. The number of phenolic OH excluding ortho intramolecular Hbond substituents is 1. The van der Waals surface area contributed by atoms with Crippen LogP contribution < -0.4 is 25.6 Å². The molecule has 19 nitrogen and oxygen atoms in total. The summed E-state index contributed by atoms with van der Waals surface area (Å²) in [5.41, 5.74) is 6.44. The lowest BCUT2D eigenvalue weighted by Crippen LogP contribution is -2.51. The highest BCUT2D eigenvalue weighted by atomic mass is 32.1. The van der Waals surface area contributed by atoms with Gasteiger partial charge in [-0.1, -0.05) is 68.4 Å². The molecule has 5 N–H and O–H groups in total. The molecule has 430 valence electrons. The number of nitrogens with zero attached hydrogens (tertiary/aromatic N) is 8.